The van der Waals surface area contributed by atoms with Crippen LogP contribution in [0.4, 0.5) is 5.69 Å². The first-order chi connectivity index (χ1) is 18.8. The summed E-state index contributed by atoms with van der Waals surface area (Å²) in [6, 6.07) is 27.0. The monoisotopic (exact) mass is 538 g/mol. The van der Waals surface area contributed by atoms with Crippen molar-refractivity contribution in [2.75, 3.05) is 11.6 Å². The molecule has 4 rings (SSSR count). The largest absolute Gasteiger partial charge is 0.459 e. The van der Waals surface area contributed by atoms with Crippen LogP contribution < -0.4 is 22.1 Å². The average molecular weight is 539 g/mol. The minimum Gasteiger partial charge on any atom is -0.459 e. The van der Waals surface area contributed by atoms with Gasteiger partial charge in [-0.05, 0) is 28.8 Å². The Labute approximate surface area is 229 Å². The number of hydrogen-bond acceptors (Lipinski definition) is 9. The van der Waals surface area contributed by atoms with E-state index in [0.29, 0.717) is 33.6 Å². The molecular formula is C29H26N6O3S. The van der Waals surface area contributed by atoms with E-state index in [2.05, 4.69) is 9.97 Å². The number of thioether (sulfide) groups is 1. The minimum atomic E-state index is -0.482. The number of hydrazine groups is 1. The number of nitriles is 1. The van der Waals surface area contributed by atoms with Gasteiger partial charge in [-0.25, -0.2) is 10.8 Å². The maximum absolute atomic E-state index is 12.7. The lowest BCUT2D eigenvalue weighted by Crippen LogP contribution is -2.27. The number of nitrogens with one attached hydrogen (secondary N) is 1. The van der Waals surface area contributed by atoms with Gasteiger partial charge in [-0.15, -0.1) is 0 Å². The third-order valence-corrected chi connectivity index (χ3v) is 6.58. The number of benzene rings is 3. The van der Waals surface area contributed by atoms with Crippen LogP contribution in [0.2, 0.25) is 0 Å². The summed E-state index contributed by atoms with van der Waals surface area (Å²) < 4.78 is 4.85. The van der Waals surface area contributed by atoms with Crippen molar-refractivity contribution in [1.29, 1.82) is 5.26 Å². The number of carbonyl (C=O) groups is 1. The highest BCUT2D eigenvalue weighted by atomic mass is 32.2. The Morgan fingerprint density at radius 3 is 2.33 bits per heavy atom. The van der Waals surface area contributed by atoms with E-state index in [0.717, 1.165) is 16.7 Å². The molecule has 0 bridgehead atoms. The van der Waals surface area contributed by atoms with Gasteiger partial charge in [0.1, 0.15) is 18.2 Å². The molecule has 0 amide bonds. The van der Waals surface area contributed by atoms with Gasteiger partial charge in [0, 0.05) is 24.4 Å². The lowest BCUT2D eigenvalue weighted by molar-refractivity contribution is -0.140. The Kier molecular flexibility index (Phi) is 8.78. The highest BCUT2D eigenvalue weighted by Gasteiger charge is 2.14. The summed E-state index contributed by atoms with van der Waals surface area (Å²) in [5.74, 6) is 6.13. The van der Waals surface area contributed by atoms with E-state index in [1.54, 1.807) is 0 Å². The van der Waals surface area contributed by atoms with Crippen molar-refractivity contribution in [3.8, 4) is 28.5 Å². The maximum Gasteiger partial charge on any atom is 0.303 e. The summed E-state index contributed by atoms with van der Waals surface area (Å²) in [6.45, 7) is 1.25. The number of H-pyrrole nitrogens is 1. The summed E-state index contributed by atoms with van der Waals surface area (Å²) in [4.78, 5) is 30.9. The van der Waals surface area contributed by atoms with Gasteiger partial charge in [-0.2, -0.15) is 5.26 Å². The second-order valence-electron chi connectivity index (χ2n) is 8.50. The van der Waals surface area contributed by atoms with Crippen molar-refractivity contribution >= 4 is 23.4 Å². The minimum absolute atomic E-state index is 0.0276. The molecule has 10 heteroatoms. The van der Waals surface area contributed by atoms with E-state index in [9.17, 15) is 14.9 Å². The Bertz CT molecular complexity index is 1580. The summed E-state index contributed by atoms with van der Waals surface area (Å²) in [7, 11) is 0. The molecule has 0 aliphatic rings. The van der Waals surface area contributed by atoms with Crippen LogP contribution in [-0.2, 0) is 15.3 Å². The van der Waals surface area contributed by atoms with Crippen LogP contribution in [0.15, 0.2) is 101 Å². The van der Waals surface area contributed by atoms with Gasteiger partial charge in [-0.3, -0.25) is 14.6 Å². The van der Waals surface area contributed by atoms with Crippen LogP contribution in [0.5, 0.6) is 0 Å². The molecule has 0 radical (unpaired) electrons. The molecule has 0 aliphatic carbocycles. The van der Waals surface area contributed by atoms with Crippen LogP contribution in [0, 0.1) is 11.3 Å². The number of aromatic amines is 1. The Balaban J connectivity index is 1.47. The second-order valence-corrected chi connectivity index (χ2v) is 9.46. The zero-order valence-electron chi connectivity index (χ0n) is 21.1. The van der Waals surface area contributed by atoms with Crippen molar-refractivity contribution in [1.82, 2.24) is 9.97 Å². The number of ether oxygens (including phenoxy) is 1. The van der Waals surface area contributed by atoms with E-state index >= 15 is 0 Å². The highest BCUT2D eigenvalue weighted by Crippen LogP contribution is 2.27. The fraction of sp³-hybridized carbons (Fsp3) is 0.103. The SMILES string of the molecule is CC(=O)OC/C(N)=C/N(N)c1ccc(CSc2nc(-c3ccc(-c4ccccc4)cc3)c(C#N)c(=O)[nH]2)cc1. The molecule has 39 heavy (non-hydrogen) atoms. The number of nitrogens with two attached hydrogens (primary N) is 2. The number of anilines is 1. The number of carbonyl (C=O) groups excluding carboxylic acids is 1. The van der Waals surface area contributed by atoms with Crippen LogP contribution in [0.25, 0.3) is 22.4 Å². The summed E-state index contributed by atoms with van der Waals surface area (Å²) in [5.41, 5.74) is 10.4. The lowest BCUT2D eigenvalue weighted by Gasteiger charge is -2.15. The van der Waals surface area contributed by atoms with E-state index in [1.165, 1.54) is 29.9 Å². The number of rotatable bonds is 9. The van der Waals surface area contributed by atoms with E-state index in [4.69, 9.17) is 16.3 Å². The quantitative estimate of drug-likeness (QED) is 0.0930. The number of aromatic nitrogens is 2. The van der Waals surface area contributed by atoms with Gasteiger partial charge in [0.15, 0.2) is 5.16 Å². The van der Waals surface area contributed by atoms with E-state index in [1.807, 2.05) is 84.9 Å². The maximum atomic E-state index is 12.7. The molecule has 4 aromatic rings. The molecule has 5 N–H and O–H groups in total. The first-order valence-electron chi connectivity index (χ1n) is 11.9. The fourth-order valence-electron chi connectivity index (χ4n) is 3.68. The Hall–Kier alpha value is -4.85. The van der Waals surface area contributed by atoms with Gasteiger partial charge in [0.05, 0.1) is 17.1 Å². The number of hydrogen-bond donors (Lipinski definition) is 3. The van der Waals surface area contributed by atoms with Crippen molar-refractivity contribution in [3.05, 3.63) is 112 Å². The van der Waals surface area contributed by atoms with Gasteiger partial charge in [0.2, 0.25) is 0 Å². The van der Waals surface area contributed by atoms with Crippen LogP contribution in [0.1, 0.15) is 18.1 Å². The Morgan fingerprint density at radius 1 is 1.05 bits per heavy atom. The molecule has 9 nitrogen and oxygen atoms in total. The second kappa shape index (κ2) is 12.6. The molecule has 196 valence electrons. The van der Waals surface area contributed by atoms with Crippen LogP contribution >= 0.6 is 11.8 Å². The normalized spacial score (nSPS) is 11.1. The third kappa shape index (κ3) is 7.13. The molecule has 0 atom stereocenters. The Morgan fingerprint density at radius 2 is 1.69 bits per heavy atom. The molecule has 0 unspecified atom stereocenters. The summed E-state index contributed by atoms with van der Waals surface area (Å²) in [5, 5.41) is 11.4. The van der Waals surface area contributed by atoms with Crippen LogP contribution in [-0.4, -0.2) is 22.5 Å². The molecule has 1 aromatic heterocycles. The topological polar surface area (TPSA) is 151 Å². The van der Waals surface area contributed by atoms with Crippen LogP contribution in [0.3, 0.4) is 0 Å². The molecule has 1 heterocycles. The molecule has 0 spiro atoms. The number of nitrogens with zero attached hydrogens (tertiary/aromatic N) is 3. The van der Waals surface area contributed by atoms with E-state index < -0.39 is 11.5 Å². The lowest BCUT2D eigenvalue weighted by atomic mass is 10.0. The summed E-state index contributed by atoms with van der Waals surface area (Å²) in [6.07, 6.45) is 1.48. The summed E-state index contributed by atoms with van der Waals surface area (Å²) >= 11 is 1.35. The average Bonchev–Trinajstić information content (AvgIpc) is 2.95. The zero-order valence-corrected chi connectivity index (χ0v) is 21.9. The first kappa shape index (κ1) is 27.2. The fourth-order valence-corrected chi connectivity index (χ4v) is 4.49. The van der Waals surface area contributed by atoms with Crippen molar-refractivity contribution in [2.24, 2.45) is 11.6 Å². The molecule has 0 saturated carbocycles. The van der Waals surface area contributed by atoms with Crippen molar-refractivity contribution in [3.63, 3.8) is 0 Å². The standard InChI is InChI=1S/C29H26N6O3S/c1-19(36)38-17-24(31)16-35(32)25-13-7-20(8-14-25)18-39-29-33-27(26(15-30)28(37)34-29)23-11-9-22(10-12-23)21-5-3-2-4-6-21/h2-14,16H,17-18,31-32H2,1H3,(H,33,34,37)/b24-16-. The first-order valence-corrected chi connectivity index (χ1v) is 12.9. The van der Waals surface area contributed by atoms with Gasteiger partial charge < -0.3 is 15.5 Å². The smallest absolute Gasteiger partial charge is 0.303 e. The number of esters is 1. The van der Waals surface area contributed by atoms with Crippen molar-refractivity contribution < 1.29 is 9.53 Å². The predicted octanol–water partition coefficient (Wildman–Crippen LogP) is 4.31. The van der Waals surface area contributed by atoms with E-state index in [-0.39, 0.29) is 12.2 Å². The van der Waals surface area contributed by atoms with Gasteiger partial charge >= 0.3 is 5.97 Å². The van der Waals surface area contributed by atoms with Gasteiger partial charge in [-0.1, -0.05) is 78.5 Å². The highest BCUT2D eigenvalue weighted by molar-refractivity contribution is 7.98. The molecule has 0 saturated heterocycles. The third-order valence-electron chi connectivity index (χ3n) is 5.63. The molecule has 0 fully saturated rings. The van der Waals surface area contributed by atoms with Gasteiger partial charge in [0.25, 0.3) is 5.56 Å². The molecule has 3 aromatic carbocycles. The molecular weight excluding hydrogens is 512 g/mol. The predicted molar refractivity (Wildman–Crippen MR) is 152 cm³/mol. The van der Waals surface area contributed by atoms with Crippen molar-refractivity contribution in [2.45, 2.75) is 17.8 Å². The zero-order chi connectivity index (χ0) is 27.8. The molecule has 0 aliphatic heterocycles.